The summed E-state index contributed by atoms with van der Waals surface area (Å²) in [5.74, 6) is 5.08. The van der Waals surface area contributed by atoms with Crippen molar-refractivity contribution in [1.29, 1.82) is 0 Å². The van der Waals surface area contributed by atoms with Crippen LogP contribution in [0.4, 0.5) is 13.2 Å². The van der Waals surface area contributed by atoms with Gasteiger partial charge < -0.3 is 19.3 Å². The van der Waals surface area contributed by atoms with Crippen LogP contribution in [-0.4, -0.2) is 43.0 Å². The normalized spacial score (nSPS) is 11.8. The van der Waals surface area contributed by atoms with E-state index in [1.165, 1.54) is 12.1 Å². The molecule has 1 atom stereocenters. The number of carbonyl (C=O) groups is 2. The second kappa shape index (κ2) is 16.9. The van der Waals surface area contributed by atoms with Gasteiger partial charge in [-0.3, -0.25) is 4.79 Å². The summed E-state index contributed by atoms with van der Waals surface area (Å²) < 4.78 is 54.5. The molecule has 0 bridgehead atoms. The molecule has 1 N–H and O–H groups in total. The van der Waals surface area contributed by atoms with Crippen LogP contribution < -0.4 is 4.74 Å². The molecule has 0 unspecified atom stereocenters. The van der Waals surface area contributed by atoms with E-state index in [2.05, 4.69) is 11.8 Å². The Hall–Kier alpha value is -3.77. The summed E-state index contributed by atoms with van der Waals surface area (Å²) in [6, 6.07) is 12.2. The third-order valence-electron chi connectivity index (χ3n) is 4.80. The predicted molar refractivity (Wildman–Crippen MR) is 138 cm³/mol. The molecule has 0 fully saturated rings. The van der Waals surface area contributed by atoms with Gasteiger partial charge in [0.15, 0.2) is 6.10 Å². The fourth-order valence-corrected chi connectivity index (χ4v) is 2.84. The van der Waals surface area contributed by atoms with E-state index >= 15 is 0 Å². The van der Waals surface area contributed by atoms with Crippen LogP contribution in [0.25, 0.3) is 0 Å². The first-order chi connectivity index (χ1) is 18.0. The number of esters is 1. The zero-order valence-electron chi connectivity index (χ0n) is 21.9. The number of halogens is 3. The summed E-state index contributed by atoms with van der Waals surface area (Å²) in [6.45, 7) is 7.90. The second-order valence-electron chi connectivity index (χ2n) is 7.82. The van der Waals surface area contributed by atoms with Crippen molar-refractivity contribution in [3.05, 3.63) is 76.9 Å². The maximum atomic E-state index is 12.8. The van der Waals surface area contributed by atoms with Crippen LogP contribution in [0.2, 0.25) is 0 Å². The Labute approximate surface area is 221 Å². The van der Waals surface area contributed by atoms with Gasteiger partial charge in [0, 0.05) is 25.0 Å². The maximum Gasteiger partial charge on any atom is 0.416 e. The topological polar surface area (TPSA) is 82.1 Å². The fourth-order valence-electron chi connectivity index (χ4n) is 2.84. The SMILES string of the molecule is CCC(=O)O.CCOC(=O)[C@H](Cc1ccc(OCC=C(C)C#Cc2cccc(C(F)(F)F)c2)cc1)OCC. The van der Waals surface area contributed by atoms with Crippen molar-refractivity contribution in [3.63, 3.8) is 0 Å². The molecule has 0 aromatic heterocycles. The predicted octanol–water partition coefficient (Wildman–Crippen LogP) is 6.07. The van der Waals surface area contributed by atoms with Gasteiger partial charge in [0.05, 0.1) is 12.2 Å². The molecule has 0 saturated carbocycles. The molecule has 0 aliphatic heterocycles. The van der Waals surface area contributed by atoms with E-state index in [1.807, 2.05) is 19.1 Å². The van der Waals surface area contributed by atoms with Gasteiger partial charge in [-0.05, 0) is 68.3 Å². The number of aliphatic carboxylic acids is 1. The molecule has 2 rings (SSSR count). The lowest BCUT2D eigenvalue weighted by molar-refractivity contribution is -0.156. The quantitative estimate of drug-likeness (QED) is 0.294. The molecule has 0 spiro atoms. The highest BCUT2D eigenvalue weighted by atomic mass is 19.4. The molecule has 6 nitrogen and oxygen atoms in total. The van der Waals surface area contributed by atoms with E-state index in [-0.39, 0.29) is 19.0 Å². The molecule has 0 aliphatic carbocycles. The van der Waals surface area contributed by atoms with Crippen LogP contribution in [0.5, 0.6) is 5.75 Å². The first kappa shape index (κ1) is 32.3. The molecule has 0 saturated heterocycles. The summed E-state index contributed by atoms with van der Waals surface area (Å²) >= 11 is 0. The molecule has 9 heteroatoms. The number of carboxylic acid groups (broad SMARTS) is 1. The van der Waals surface area contributed by atoms with E-state index in [1.54, 1.807) is 39.0 Å². The summed E-state index contributed by atoms with van der Waals surface area (Å²) in [6.07, 6.45) is -2.67. The van der Waals surface area contributed by atoms with Gasteiger partial charge in [-0.1, -0.05) is 37.0 Å². The van der Waals surface area contributed by atoms with Crippen LogP contribution >= 0.6 is 0 Å². The van der Waals surface area contributed by atoms with E-state index in [4.69, 9.17) is 19.3 Å². The Morgan fingerprint density at radius 3 is 2.26 bits per heavy atom. The zero-order valence-corrected chi connectivity index (χ0v) is 21.9. The number of hydrogen-bond donors (Lipinski definition) is 1. The summed E-state index contributed by atoms with van der Waals surface area (Å²) in [5, 5.41) is 7.72. The average Bonchev–Trinajstić information content (AvgIpc) is 2.88. The van der Waals surface area contributed by atoms with Crippen LogP contribution in [0, 0.1) is 11.8 Å². The lowest BCUT2D eigenvalue weighted by Gasteiger charge is -2.15. The van der Waals surface area contributed by atoms with Gasteiger partial charge in [-0.2, -0.15) is 13.2 Å². The Bertz CT molecular complexity index is 1110. The Morgan fingerprint density at radius 1 is 1.05 bits per heavy atom. The van der Waals surface area contributed by atoms with Crippen LogP contribution in [0.15, 0.2) is 60.2 Å². The number of allylic oxidation sites excluding steroid dienone is 1. The van der Waals surface area contributed by atoms with Gasteiger partial charge in [0.2, 0.25) is 0 Å². The van der Waals surface area contributed by atoms with E-state index in [9.17, 15) is 22.8 Å². The number of rotatable bonds is 10. The fraction of sp³-hybridized carbons (Fsp3) is 0.379. The molecule has 206 valence electrons. The van der Waals surface area contributed by atoms with E-state index < -0.39 is 23.8 Å². The molecule has 2 aromatic carbocycles. The maximum absolute atomic E-state index is 12.8. The second-order valence-corrected chi connectivity index (χ2v) is 7.82. The van der Waals surface area contributed by atoms with Gasteiger partial charge in [-0.15, -0.1) is 0 Å². The highest BCUT2D eigenvalue weighted by molar-refractivity contribution is 5.75. The molecule has 0 amide bonds. The first-order valence-corrected chi connectivity index (χ1v) is 12.1. The molecular weight excluding hydrogens is 501 g/mol. The lowest BCUT2D eigenvalue weighted by Crippen LogP contribution is -2.28. The highest BCUT2D eigenvalue weighted by Gasteiger charge is 2.30. The van der Waals surface area contributed by atoms with E-state index in [0.29, 0.717) is 36.5 Å². The number of ether oxygens (including phenoxy) is 3. The minimum atomic E-state index is -4.39. The largest absolute Gasteiger partial charge is 0.490 e. The standard InChI is InChI=1S/C26H27F3O4.C3H6O2/c1-4-31-24(25(30)32-5-2)18-21-11-13-23(14-12-21)33-16-15-19(3)9-10-20-7-6-8-22(17-20)26(27,28)29;1-2-3(4)5/h6-8,11-15,17,24H,4-5,16,18H2,1-3H3;2H2,1H3,(H,4,5)/t24-;/m0./s1. The van der Waals surface area contributed by atoms with Gasteiger partial charge in [-0.25, -0.2) is 4.79 Å². The van der Waals surface area contributed by atoms with Crippen LogP contribution in [-0.2, 0) is 31.7 Å². The molecule has 0 heterocycles. The van der Waals surface area contributed by atoms with Crippen molar-refractivity contribution in [3.8, 4) is 17.6 Å². The minimum absolute atomic E-state index is 0.222. The van der Waals surface area contributed by atoms with Gasteiger partial charge >= 0.3 is 18.1 Å². The summed E-state index contributed by atoms with van der Waals surface area (Å²) in [4.78, 5) is 21.3. The minimum Gasteiger partial charge on any atom is -0.490 e. The number of carboxylic acids is 1. The number of carbonyl (C=O) groups excluding carboxylic acids is 1. The highest BCUT2D eigenvalue weighted by Crippen LogP contribution is 2.29. The van der Waals surface area contributed by atoms with Crippen molar-refractivity contribution in [1.82, 2.24) is 0 Å². The Kier molecular flexibility index (Phi) is 14.3. The lowest BCUT2D eigenvalue weighted by atomic mass is 10.1. The van der Waals surface area contributed by atoms with Crippen LogP contribution in [0.1, 0.15) is 50.8 Å². The Morgan fingerprint density at radius 2 is 1.71 bits per heavy atom. The van der Waals surface area contributed by atoms with Crippen LogP contribution in [0.3, 0.4) is 0 Å². The van der Waals surface area contributed by atoms with Crippen molar-refractivity contribution < 1.29 is 42.1 Å². The first-order valence-electron chi connectivity index (χ1n) is 12.1. The molecule has 38 heavy (non-hydrogen) atoms. The van der Waals surface area contributed by atoms with Crippen molar-refractivity contribution >= 4 is 11.9 Å². The smallest absolute Gasteiger partial charge is 0.416 e. The van der Waals surface area contributed by atoms with Crippen molar-refractivity contribution in [2.24, 2.45) is 0 Å². The number of alkyl halides is 3. The summed E-state index contributed by atoms with van der Waals surface area (Å²) in [5.41, 5.74) is 1.16. The monoisotopic (exact) mass is 534 g/mol. The van der Waals surface area contributed by atoms with E-state index in [0.717, 1.165) is 17.7 Å². The van der Waals surface area contributed by atoms with Gasteiger partial charge in [0.25, 0.3) is 0 Å². The summed E-state index contributed by atoms with van der Waals surface area (Å²) in [7, 11) is 0. The average molecular weight is 535 g/mol. The molecule has 0 radical (unpaired) electrons. The third kappa shape index (κ3) is 13.0. The molecular formula is C29H33F3O6. The third-order valence-corrected chi connectivity index (χ3v) is 4.80. The Balaban J connectivity index is 0.00000132. The molecule has 0 aliphatic rings. The zero-order chi connectivity index (χ0) is 28.6. The number of benzene rings is 2. The van der Waals surface area contributed by atoms with Crippen molar-refractivity contribution in [2.75, 3.05) is 19.8 Å². The van der Waals surface area contributed by atoms with Gasteiger partial charge in [0.1, 0.15) is 12.4 Å². The molecule has 2 aromatic rings. The number of hydrogen-bond acceptors (Lipinski definition) is 5. The van der Waals surface area contributed by atoms with Crippen molar-refractivity contribution in [2.45, 2.75) is 52.8 Å².